The van der Waals surface area contributed by atoms with E-state index in [0.29, 0.717) is 13.0 Å². The number of benzene rings is 1. The van der Waals surface area contributed by atoms with Crippen LogP contribution in [0.4, 0.5) is 5.13 Å². The molecule has 0 atom stereocenters. The van der Waals surface area contributed by atoms with Crippen LogP contribution in [0.25, 0.3) is 0 Å². The van der Waals surface area contributed by atoms with E-state index in [-0.39, 0.29) is 26.6 Å². The first-order chi connectivity index (χ1) is 11.4. The molecule has 24 heavy (non-hydrogen) atoms. The Balaban J connectivity index is 2.02. The quantitative estimate of drug-likeness (QED) is 0.525. The van der Waals surface area contributed by atoms with Crippen molar-refractivity contribution >= 4 is 44.0 Å². The van der Waals surface area contributed by atoms with Crippen molar-refractivity contribution in [3.63, 3.8) is 0 Å². The van der Waals surface area contributed by atoms with E-state index in [9.17, 15) is 13.2 Å². The molecular weight excluding hydrogens is 376 g/mol. The largest absolute Gasteiger partial charge is 0.385 e. The number of amides is 1. The van der Waals surface area contributed by atoms with Crippen LogP contribution in [0.5, 0.6) is 0 Å². The molecule has 1 amide bonds. The van der Waals surface area contributed by atoms with Crippen molar-refractivity contribution in [1.29, 1.82) is 0 Å². The van der Waals surface area contributed by atoms with Crippen molar-refractivity contribution in [3.8, 4) is 0 Å². The Kier molecular flexibility index (Phi) is 6.63. The zero-order valence-corrected chi connectivity index (χ0v) is 15.0. The normalized spacial score (nSPS) is 11.4. The summed E-state index contributed by atoms with van der Waals surface area (Å²) in [4.78, 5) is 12.1. The van der Waals surface area contributed by atoms with Gasteiger partial charge in [-0.25, -0.2) is 13.1 Å². The minimum atomic E-state index is -3.77. The van der Waals surface area contributed by atoms with Gasteiger partial charge in [-0.05, 0) is 18.6 Å². The summed E-state index contributed by atoms with van der Waals surface area (Å²) in [5.41, 5.74) is 0.261. The van der Waals surface area contributed by atoms with Gasteiger partial charge in [0.25, 0.3) is 15.9 Å². The standard InChI is InChI=1S/C13H15ClN4O4S2/c1-22-8-4-7-15-24(20,21)13-18-17-12(23-13)16-11(19)9-5-2-3-6-10(9)14/h2-3,5-6,15H,4,7-8H2,1H3,(H,16,17,19). The Morgan fingerprint density at radius 1 is 1.33 bits per heavy atom. The van der Waals surface area contributed by atoms with E-state index in [1.165, 1.54) is 7.11 Å². The summed E-state index contributed by atoms with van der Waals surface area (Å²) < 4.78 is 31.1. The van der Waals surface area contributed by atoms with Crippen molar-refractivity contribution < 1.29 is 17.9 Å². The Labute approximate surface area is 148 Å². The van der Waals surface area contributed by atoms with Crippen molar-refractivity contribution in [2.45, 2.75) is 10.8 Å². The minimum Gasteiger partial charge on any atom is -0.385 e. The summed E-state index contributed by atoms with van der Waals surface area (Å²) in [6, 6.07) is 6.49. The second-order valence-corrected chi connectivity index (χ2v) is 7.88. The van der Waals surface area contributed by atoms with Crippen LogP contribution in [0.2, 0.25) is 5.02 Å². The number of carbonyl (C=O) groups excluding carboxylic acids is 1. The third kappa shape index (κ3) is 4.95. The lowest BCUT2D eigenvalue weighted by molar-refractivity contribution is 0.102. The molecule has 1 heterocycles. The topological polar surface area (TPSA) is 110 Å². The van der Waals surface area contributed by atoms with Crippen molar-refractivity contribution in [2.75, 3.05) is 25.6 Å². The van der Waals surface area contributed by atoms with Gasteiger partial charge in [-0.1, -0.05) is 35.1 Å². The van der Waals surface area contributed by atoms with E-state index in [0.717, 1.165) is 11.3 Å². The van der Waals surface area contributed by atoms with Crippen molar-refractivity contribution in [1.82, 2.24) is 14.9 Å². The second kappa shape index (κ2) is 8.49. The molecule has 0 saturated carbocycles. The molecule has 0 bridgehead atoms. The van der Waals surface area contributed by atoms with Crippen LogP contribution in [0.15, 0.2) is 28.6 Å². The fourth-order valence-corrected chi connectivity index (χ4v) is 3.89. The number of ether oxygens (including phenoxy) is 1. The Bertz CT molecular complexity index is 810. The van der Waals surface area contributed by atoms with E-state index >= 15 is 0 Å². The maximum Gasteiger partial charge on any atom is 0.269 e. The fraction of sp³-hybridized carbons (Fsp3) is 0.308. The number of rotatable bonds is 8. The van der Waals surface area contributed by atoms with Crippen molar-refractivity contribution in [3.05, 3.63) is 34.9 Å². The summed E-state index contributed by atoms with van der Waals surface area (Å²) >= 11 is 6.69. The predicted molar refractivity (Wildman–Crippen MR) is 91.0 cm³/mol. The average Bonchev–Trinajstić information content (AvgIpc) is 3.01. The predicted octanol–water partition coefficient (Wildman–Crippen LogP) is 1.76. The first-order valence-corrected chi connectivity index (χ1v) is 9.50. The third-order valence-corrected chi connectivity index (χ3v) is 5.79. The van der Waals surface area contributed by atoms with Gasteiger partial charge in [-0.2, -0.15) is 0 Å². The van der Waals surface area contributed by atoms with E-state index in [2.05, 4.69) is 20.2 Å². The maximum atomic E-state index is 12.1. The molecule has 130 valence electrons. The van der Waals surface area contributed by atoms with Crippen LogP contribution in [0.3, 0.4) is 0 Å². The molecule has 11 heteroatoms. The highest BCUT2D eigenvalue weighted by Crippen LogP contribution is 2.22. The third-order valence-electron chi connectivity index (χ3n) is 2.79. The number of nitrogens with one attached hydrogen (secondary N) is 2. The van der Waals surface area contributed by atoms with Gasteiger partial charge in [-0.3, -0.25) is 10.1 Å². The van der Waals surface area contributed by atoms with Gasteiger partial charge in [0, 0.05) is 20.3 Å². The van der Waals surface area contributed by atoms with Gasteiger partial charge in [0.05, 0.1) is 10.6 Å². The Morgan fingerprint density at radius 2 is 2.08 bits per heavy atom. The molecule has 1 aromatic carbocycles. The number of halogens is 1. The molecule has 0 aliphatic heterocycles. The summed E-state index contributed by atoms with van der Waals surface area (Å²) in [7, 11) is -2.23. The molecule has 0 fully saturated rings. The molecule has 8 nitrogen and oxygen atoms in total. The highest BCUT2D eigenvalue weighted by Gasteiger charge is 2.21. The van der Waals surface area contributed by atoms with Gasteiger partial charge >= 0.3 is 0 Å². The van der Waals surface area contributed by atoms with Crippen LogP contribution in [0, 0.1) is 0 Å². The maximum absolute atomic E-state index is 12.1. The van der Waals surface area contributed by atoms with Gasteiger partial charge < -0.3 is 4.74 Å². The van der Waals surface area contributed by atoms with Crippen LogP contribution in [0.1, 0.15) is 16.8 Å². The highest BCUT2D eigenvalue weighted by molar-refractivity contribution is 7.91. The lowest BCUT2D eigenvalue weighted by Crippen LogP contribution is -2.25. The molecule has 2 N–H and O–H groups in total. The highest BCUT2D eigenvalue weighted by atomic mass is 35.5. The smallest absolute Gasteiger partial charge is 0.269 e. The molecule has 1 aromatic heterocycles. The van der Waals surface area contributed by atoms with Crippen LogP contribution < -0.4 is 10.0 Å². The Hall–Kier alpha value is -1.59. The summed E-state index contributed by atoms with van der Waals surface area (Å²) in [6.07, 6.45) is 0.532. The number of hydrogen-bond acceptors (Lipinski definition) is 7. The number of methoxy groups -OCH3 is 1. The molecule has 0 unspecified atom stereocenters. The van der Waals surface area contributed by atoms with Gasteiger partial charge in [0.2, 0.25) is 9.47 Å². The van der Waals surface area contributed by atoms with E-state index < -0.39 is 15.9 Å². The van der Waals surface area contributed by atoms with Gasteiger partial charge in [0.15, 0.2) is 0 Å². The summed E-state index contributed by atoms with van der Waals surface area (Å²) in [5, 5.41) is 10.1. The molecule has 0 spiro atoms. The minimum absolute atomic E-state index is 0.0668. The molecule has 2 aromatic rings. The van der Waals surface area contributed by atoms with E-state index in [1.807, 2.05) is 0 Å². The van der Waals surface area contributed by atoms with E-state index in [4.69, 9.17) is 16.3 Å². The van der Waals surface area contributed by atoms with Crippen LogP contribution in [-0.2, 0) is 14.8 Å². The Morgan fingerprint density at radius 3 is 2.79 bits per heavy atom. The molecule has 0 aliphatic carbocycles. The number of hydrogen-bond donors (Lipinski definition) is 2. The SMILES string of the molecule is COCCCNS(=O)(=O)c1nnc(NC(=O)c2ccccc2Cl)s1. The molecule has 0 radical (unpaired) electrons. The number of anilines is 1. The molecule has 0 aliphatic rings. The van der Waals surface area contributed by atoms with Gasteiger partial charge in [0.1, 0.15) is 0 Å². The average molecular weight is 391 g/mol. The summed E-state index contributed by atoms with van der Waals surface area (Å²) in [6.45, 7) is 0.662. The van der Waals surface area contributed by atoms with Crippen LogP contribution >= 0.6 is 22.9 Å². The number of aromatic nitrogens is 2. The zero-order chi connectivity index (χ0) is 17.6. The lowest BCUT2D eigenvalue weighted by atomic mass is 10.2. The molecule has 0 saturated heterocycles. The second-order valence-electron chi connectivity index (χ2n) is 4.55. The number of carbonyl (C=O) groups is 1. The van der Waals surface area contributed by atoms with Crippen molar-refractivity contribution in [2.24, 2.45) is 0 Å². The fourth-order valence-electron chi connectivity index (χ4n) is 1.66. The first kappa shape index (κ1) is 18.7. The number of sulfonamides is 1. The lowest BCUT2D eigenvalue weighted by Gasteiger charge is -2.03. The molecule has 2 rings (SSSR count). The van der Waals surface area contributed by atoms with E-state index in [1.54, 1.807) is 24.3 Å². The molecular formula is C13H15ClN4O4S2. The summed E-state index contributed by atoms with van der Waals surface area (Å²) in [5.74, 6) is -0.492. The monoisotopic (exact) mass is 390 g/mol. The number of nitrogens with zero attached hydrogens (tertiary/aromatic N) is 2. The van der Waals surface area contributed by atoms with Crippen LogP contribution in [-0.4, -0.2) is 44.8 Å². The zero-order valence-electron chi connectivity index (χ0n) is 12.7. The first-order valence-electron chi connectivity index (χ1n) is 6.82. The van der Waals surface area contributed by atoms with Gasteiger partial charge in [-0.15, -0.1) is 10.2 Å².